The molecule has 1 aliphatic heterocycles. The van der Waals surface area contributed by atoms with Crippen LogP contribution in [0.3, 0.4) is 0 Å². The minimum atomic E-state index is -0.320. The molecule has 1 aliphatic rings. The van der Waals surface area contributed by atoms with Gasteiger partial charge in [0.05, 0.1) is 20.3 Å². The van der Waals surface area contributed by atoms with E-state index in [1.807, 2.05) is 23.1 Å². The topological polar surface area (TPSA) is 38.8 Å². The predicted molar refractivity (Wildman–Crippen MR) is 98.7 cm³/mol. The van der Waals surface area contributed by atoms with Gasteiger partial charge in [0, 0.05) is 18.2 Å². The van der Waals surface area contributed by atoms with Crippen molar-refractivity contribution in [3.05, 3.63) is 65.5 Å². The first kappa shape index (κ1) is 18.0. The zero-order valence-electron chi connectivity index (χ0n) is 14.9. The number of halogens is 1. The molecule has 4 nitrogen and oxygen atoms in total. The lowest BCUT2D eigenvalue weighted by Gasteiger charge is -2.25. The number of ether oxygens (including phenoxy) is 2. The van der Waals surface area contributed by atoms with Gasteiger partial charge in [-0.1, -0.05) is 12.1 Å². The summed E-state index contributed by atoms with van der Waals surface area (Å²) in [7, 11) is 3.24. The number of methoxy groups -OCH3 is 2. The number of benzene rings is 2. The Morgan fingerprint density at radius 1 is 1.19 bits per heavy atom. The molecule has 5 heteroatoms. The van der Waals surface area contributed by atoms with Crippen molar-refractivity contribution < 1.29 is 18.7 Å². The van der Waals surface area contributed by atoms with E-state index < -0.39 is 0 Å². The fourth-order valence-electron chi connectivity index (χ4n) is 3.33. The predicted octanol–water partition coefficient (Wildman–Crippen LogP) is 4.22. The second-order valence-electron chi connectivity index (χ2n) is 6.19. The van der Waals surface area contributed by atoms with Crippen molar-refractivity contribution in [1.82, 2.24) is 4.90 Å². The molecule has 1 saturated heterocycles. The molecule has 1 amide bonds. The second-order valence-corrected chi connectivity index (χ2v) is 6.19. The van der Waals surface area contributed by atoms with E-state index in [1.54, 1.807) is 32.4 Å². The molecular formula is C21H22FNO3. The normalized spacial score (nSPS) is 16.9. The summed E-state index contributed by atoms with van der Waals surface area (Å²) in [5.74, 6) is 1.06. The summed E-state index contributed by atoms with van der Waals surface area (Å²) in [6.07, 6.45) is 4.93. The average Bonchev–Trinajstić information content (AvgIpc) is 3.15. The molecule has 0 aromatic heterocycles. The van der Waals surface area contributed by atoms with Crippen LogP contribution < -0.4 is 9.47 Å². The molecule has 0 radical (unpaired) electrons. The first-order valence-electron chi connectivity index (χ1n) is 8.58. The Bertz CT molecular complexity index is 819. The number of amides is 1. The molecule has 0 saturated carbocycles. The minimum Gasteiger partial charge on any atom is -0.497 e. The van der Waals surface area contributed by atoms with E-state index >= 15 is 0 Å². The van der Waals surface area contributed by atoms with Gasteiger partial charge in [-0.05, 0) is 54.8 Å². The fraction of sp³-hybridized carbons (Fsp3) is 0.286. The maximum absolute atomic E-state index is 13.3. The number of carbonyl (C=O) groups excluding carboxylic acids is 1. The SMILES string of the molecule is COc1ccc(OC)c([C@@H]2CCCN2C(=O)/C=C/c2cccc(F)c2)c1. The van der Waals surface area contributed by atoms with E-state index in [0.717, 1.165) is 29.9 Å². The molecule has 0 spiro atoms. The van der Waals surface area contributed by atoms with Crippen molar-refractivity contribution in [2.75, 3.05) is 20.8 Å². The number of hydrogen-bond acceptors (Lipinski definition) is 3. The molecule has 1 atom stereocenters. The molecule has 0 N–H and O–H groups in total. The maximum atomic E-state index is 13.3. The number of hydrogen-bond donors (Lipinski definition) is 0. The maximum Gasteiger partial charge on any atom is 0.247 e. The van der Waals surface area contributed by atoms with Crippen LogP contribution in [-0.2, 0) is 4.79 Å². The summed E-state index contributed by atoms with van der Waals surface area (Å²) < 4.78 is 24.1. The van der Waals surface area contributed by atoms with Gasteiger partial charge in [-0.2, -0.15) is 0 Å². The Balaban J connectivity index is 1.83. The van der Waals surface area contributed by atoms with E-state index in [1.165, 1.54) is 18.2 Å². The highest BCUT2D eigenvalue weighted by Crippen LogP contribution is 2.39. The fourth-order valence-corrected chi connectivity index (χ4v) is 3.33. The summed E-state index contributed by atoms with van der Waals surface area (Å²) in [5, 5.41) is 0. The smallest absolute Gasteiger partial charge is 0.247 e. The first-order valence-corrected chi connectivity index (χ1v) is 8.58. The molecule has 136 valence electrons. The van der Waals surface area contributed by atoms with E-state index in [0.29, 0.717) is 12.1 Å². The molecule has 26 heavy (non-hydrogen) atoms. The van der Waals surface area contributed by atoms with Crippen LogP contribution in [0, 0.1) is 5.82 Å². The minimum absolute atomic E-state index is 0.0651. The van der Waals surface area contributed by atoms with Gasteiger partial charge in [-0.15, -0.1) is 0 Å². The van der Waals surface area contributed by atoms with Crippen LogP contribution in [0.25, 0.3) is 6.08 Å². The Morgan fingerprint density at radius 3 is 2.77 bits per heavy atom. The van der Waals surface area contributed by atoms with Gasteiger partial charge in [-0.3, -0.25) is 4.79 Å². The van der Waals surface area contributed by atoms with Gasteiger partial charge in [0.15, 0.2) is 0 Å². The highest BCUT2D eigenvalue weighted by molar-refractivity contribution is 5.92. The van der Waals surface area contributed by atoms with Gasteiger partial charge in [0.25, 0.3) is 0 Å². The van der Waals surface area contributed by atoms with Crippen LogP contribution in [0.1, 0.15) is 30.0 Å². The van der Waals surface area contributed by atoms with Crippen molar-refractivity contribution in [3.8, 4) is 11.5 Å². The standard InChI is InChI=1S/C21H22FNO3/c1-25-17-9-10-20(26-2)18(14-17)19-7-4-12-23(19)21(24)11-8-15-5-3-6-16(22)13-15/h3,5-6,8-11,13-14,19H,4,7,12H2,1-2H3/b11-8+/t19-/m0/s1. The van der Waals surface area contributed by atoms with Gasteiger partial charge in [0.1, 0.15) is 17.3 Å². The van der Waals surface area contributed by atoms with Crippen LogP contribution in [0.15, 0.2) is 48.5 Å². The van der Waals surface area contributed by atoms with Gasteiger partial charge >= 0.3 is 0 Å². The third kappa shape index (κ3) is 3.87. The van der Waals surface area contributed by atoms with Crippen molar-refractivity contribution in [1.29, 1.82) is 0 Å². The van der Waals surface area contributed by atoms with E-state index in [4.69, 9.17) is 9.47 Å². The zero-order chi connectivity index (χ0) is 18.5. The molecule has 1 fully saturated rings. The summed E-state index contributed by atoms with van der Waals surface area (Å²) in [6, 6.07) is 11.7. The number of carbonyl (C=O) groups is 1. The molecule has 3 rings (SSSR count). The molecule has 0 aliphatic carbocycles. The Labute approximate surface area is 152 Å². The van der Waals surface area contributed by atoms with Gasteiger partial charge in [-0.25, -0.2) is 4.39 Å². The van der Waals surface area contributed by atoms with Gasteiger partial charge in [0.2, 0.25) is 5.91 Å². The molecular weight excluding hydrogens is 333 g/mol. The molecule has 0 unspecified atom stereocenters. The summed E-state index contributed by atoms with van der Waals surface area (Å²) >= 11 is 0. The van der Waals surface area contributed by atoms with Crippen LogP contribution >= 0.6 is 0 Å². The molecule has 2 aromatic carbocycles. The molecule has 0 bridgehead atoms. The zero-order valence-corrected chi connectivity index (χ0v) is 14.9. The Kier molecular flexibility index (Phi) is 5.56. The quantitative estimate of drug-likeness (QED) is 0.754. The number of nitrogens with zero attached hydrogens (tertiary/aromatic N) is 1. The average molecular weight is 355 g/mol. The van der Waals surface area contributed by atoms with Crippen LogP contribution in [0.4, 0.5) is 4.39 Å². The highest BCUT2D eigenvalue weighted by Gasteiger charge is 2.31. The van der Waals surface area contributed by atoms with Gasteiger partial charge < -0.3 is 14.4 Å². The number of likely N-dealkylation sites (tertiary alicyclic amines) is 1. The lowest BCUT2D eigenvalue weighted by Crippen LogP contribution is -2.29. The van der Waals surface area contributed by atoms with E-state index in [2.05, 4.69) is 0 Å². The van der Waals surface area contributed by atoms with Crippen LogP contribution in [0.5, 0.6) is 11.5 Å². The summed E-state index contributed by atoms with van der Waals surface area (Å²) in [5.41, 5.74) is 1.60. The molecule has 2 aromatic rings. The second kappa shape index (κ2) is 8.04. The highest BCUT2D eigenvalue weighted by atomic mass is 19.1. The van der Waals surface area contributed by atoms with E-state index in [-0.39, 0.29) is 17.8 Å². The third-order valence-corrected chi connectivity index (χ3v) is 4.60. The van der Waals surface area contributed by atoms with Crippen molar-refractivity contribution in [2.24, 2.45) is 0 Å². The van der Waals surface area contributed by atoms with Crippen LogP contribution in [-0.4, -0.2) is 31.6 Å². The largest absolute Gasteiger partial charge is 0.497 e. The third-order valence-electron chi connectivity index (χ3n) is 4.60. The first-order chi connectivity index (χ1) is 12.6. The Morgan fingerprint density at radius 2 is 2.04 bits per heavy atom. The van der Waals surface area contributed by atoms with Crippen molar-refractivity contribution in [3.63, 3.8) is 0 Å². The Hall–Kier alpha value is -2.82. The van der Waals surface area contributed by atoms with Crippen molar-refractivity contribution in [2.45, 2.75) is 18.9 Å². The monoisotopic (exact) mass is 355 g/mol. The van der Waals surface area contributed by atoms with Crippen LogP contribution in [0.2, 0.25) is 0 Å². The lowest BCUT2D eigenvalue weighted by molar-refractivity contribution is -0.126. The lowest BCUT2D eigenvalue weighted by atomic mass is 10.0. The number of rotatable bonds is 5. The van der Waals surface area contributed by atoms with Crippen molar-refractivity contribution >= 4 is 12.0 Å². The van der Waals surface area contributed by atoms with E-state index in [9.17, 15) is 9.18 Å². The summed E-state index contributed by atoms with van der Waals surface area (Å²) in [6.45, 7) is 0.678. The summed E-state index contributed by atoms with van der Waals surface area (Å²) in [4.78, 5) is 14.5. The molecule has 1 heterocycles.